The van der Waals surface area contributed by atoms with Crippen LogP contribution in [0.3, 0.4) is 0 Å². The van der Waals surface area contributed by atoms with Crippen LogP contribution in [0.25, 0.3) is 4.96 Å². The molecule has 0 N–H and O–H groups in total. The van der Waals surface area contributed by atoms with Crippen molar-refractivity contribution in [1.82, 2.24) is 19.3 Å². The molecule has 6 nitrogen and oxygen atoms in total. The van der Waals surface area contributed by atoms with E-state index in [2.05, 4.69) is 9.97 Å². The predicted molar refractivity (Wildman–Crippen MR) is 95.4 cm³/mol. The number of hydrogen-bond acceptors (Lipinski definition) is 5. The maximum Gasteiger partial charge on any atom is 0.228 e. The summed E-state index contributed by atoms with van der Waals surface area (Å²) in [6.07, 6.45) is 8.04. The van der Waals surface area contributed by atoms with Crippen LogP contribution < -0.4 is 0 Å². The Bertz CT molecular complexity index is 817. The van der Waals surface area contributed by atoms with Crippen LogP contribution in [-0.2, 0) is 22.6 Å². The zero-order chi connectivity index (χ0) is 17.1. The fourth-order valence-corrected chi connectivity index (χ4v) is 3.83. The van der Waals surface area contributed by atoms with Crippen LogP contribution in [0.1, 0.15) is 24.2 Å². The van der Waals surface area contributed by atoms with Gasteiger partial charge in [0.25, 0.3) is 0 Å². The molecular weight excluding hydrogens is 336 g/mol. The second kappa shape index (κ2) is 7.33. The fraction of sp³-hybridized carbons (Fsp3) is 0.389. The zero-order valence-electron chi connectivity index (χ0n) is 13.9. The van der Waals surface area contributed by atoms with Gasteiger partial charge in [0.1, 0.15) is 0 Å². The largest absolute Gasteiger partial charge is 0.370 e. The highest BCUT2D eigenvalue weighted by molar-refractivity contribution is 7.15. The minimum atomic E-state index is 0.0743. The number of hydrogen-bond donors (Lipinski definition) is 0. The Kier molecular flexibility index (Phi) is 4.76. The van der Waals surface area contributed by atoms with Crippen LogP contribution in [0.2, 0.25) is 0 Å². The number of imidazole rings is 1. The van der Waals surface area contributed by atoms with Gasteiger partial charge in [0.15, 0.2) is 4.96 Å². The van der Waals surface area contributed by atoms with Gasteiger partial charge >= 0.3 is 0 Å². The Morgan fingerprint density at radius 1 is 1.36 bits per heavy atom. The van der Waals surface area contributed by atoms with E-state index in [4.69, 9.17) is 4.74 Å². The summed E-state index contributed by atoms with van der Waals surface area (Å²) < 4.78 is 7.92. The van der Waals surface area contributed by atoms with E-state index in [1.54, 1.807) is 17.5 Å². The molecule has 1 amide bonds. The first-order valence-electron chi connectivity index (χ1n) is 8.48. The summed E-state index contributed by atoms with van der Waals surface area (Å²) in [7, 11) is 0. The molecule has 130 valence electrons. The molecule has 25 heavy (non-hydrogen) atoms. The van der Waals surface area contributed by atoms with E-state index in [0.29, 0.717) is 19.6 Å². The summed E-state index contributed by atoms with van der Waals surface area (Å²) in [5.74, 6) is 0.122. The molecule has 1 aliphatic rings. The standard InChI is InChI=1S/C18H20N4O2S/c23-17(10-15-11-22-8-9-25-18(22)20-15)21-7-3-5-16(12-21)24-13-14-4-1-2-6-19-14/h1-2,4,6,8-9,11,16H,3,5,7,10,12-13H2. The first kappa shape index (κ1) is 16.2. The van der Waals surface area contributed by atoms with Crippen molar-refractivity contribution in [2.75, 3.05) is 13.1 Å². The van der Waals surface area contributed by atoms with E-state index in [1.807, 2.05) is 45.3 Å². The van der Waals surface area contributed by atoms with Crippen LogP contribution in [0.5, 0.6) is 0 Å². The average Bonchev–Trinajstić information content (AvgIpc) is 3.23. The molecule has 0 aromatic carbocycles. The number of likely N-dealkylation sites (tertiary alicyclic amines) is 1. The Morgan fingerprint density at radius 3 is 3.16 bits per heavy atom. The smallest absolute Gasteiger partial charge is 0.228 e. The lowest BCUT2D eigenvalue weighted by molar-refractivity contribution is -0.135. The first-order chi connectivity index (χ1) is 12.3. The van der Waals surface area contributed by atoms with E-state index in [-0.39, 0.29) is 12.0 Å². The molecule has 0 radical (unpaired) electrons. The summed E-state index contributed by atoms with van der Waals surface area (Å²) in [5.41, 5.74) is 1.75. The van der Waals surface area contributed by atoms with Crippen molar-refractivity contribution < 1.29 is 9.53 Å². The Hall–Kier alpha value is -2.25. The molecule has 3 aromatic heterocycles. The highest BCUT2D eigenvalue weighted by Crippen LogP contribution is 2.17. The number of rotatable bonds is 5. The van der Waals surface area contributed by atoms with Crippen molar-refractivity contribution in [3.05, 3.63) is 53.6 Å². The molecule has 1 atom stereocenters. The topological polar surface area (TPSA) is 59.7 Å². The molecule has 1 unspecified atom stereocenters. The quantitative estimate of drug-likeness (QED) is 0.705. The van der Waals surface area contributed by atoms with E-state index in [9.17, 15) is 4.79 Å². The second-order valence-electron chi connectivity index (χ2n) is 6.24. The predicted octanol–water partition coefficient (Wildman–Crippen LogP) is 2.54. The molecule has 0 bridgehead atoms. The van der Waals surface area contributed by atoms with Gasteiger partial charge in [-0.05, 0) is 25.0 Å². The maximum atomic E-state index is 12.6. The average molecular weight is 356 g/mol. The number of nitrogens with zero attached hydrogens (tertiary/aromatic N) is 4. The van der Waals surface area contributed by atoms with Gasteiger partial charge in [-0.3, -0.25) is 14.2 Å². The van der Waals surface area contributed by atoms with Crippen molar-refractivity contribution >= 4 is 22.2 Å². The van der Waals surface area contributed by atoms with Gasteiger partial charge in [-0.15, -0.1) is 11.3 Å². The third-order valence-corrected chi connectivity index (χ3v) is 5.17. The molecule has 4 rings (SSSR count). The van der Waals surface area contributed by atoms with Crippen molar-refractivity contribution in [3.63, 3.8) is 0 Å². The summed E-state index contributed by atoms with van der Waals surface area (Å²) in [4.78, 5) is 24.2. The Balaban J connectivity index is 1.32. The summed E-state index contributed by atoms with van der Waals surface area (Å²) in [5, 5.41) is 1.99. The summed E-state index contributed by atoms with van der Waals surface area (Å²) in [6, 6.07) is 5.80. The highest BCUT2D eigenvalue weighted by Gasteiger charge is 2.24. The lowest BCUT2D eigenvalue weighted by Crippen LogP contribution is -2.43. The molecule has 0 aliphatic carbocycles. The molecular formula is C18H20N4O2S. The molecule has 1 saturated heterocycles. The fourth-order valence-electron chi connectivity index (χ4n) is 3.12. The number of piperidine rings is 1. The van der Waals surface area contributed by atoms with Crippen LogP contribution in [0.4, 0.5) is 0 Å². The number of amides is 1. The van der Waals surface area contributed by atoms with Gasteiger partial charge in [-0.2, -0.15) is 0 Å². The molecule has 4 heterocycles. The van der Waals surface area contributed by atoms with Crippen molar-refractivity contribution in [1.29, 1.82) is 0 Å². The van der Waals surface area contributed by atoms with Crippen LogP contribution in [0.15, 0.2) is 42.2 Å². The molecule has 1 fully saturated rings. The van der Waals surface area contributed by atoms with E-state index < -0.39 is 0 Å². The lowest BCUT2D eigenvalue weighted by atomic mass is 10.1. The van der Waals surface area contributed by atoms with Gasteiger partial charge in [-0.25, -0.2) is 4.98 Å². The number of thiazole rings is 1. The monoisotopic (exact) mass is 356 g/mol. The number of fused-ring (bicyclic) bond motifs is 1. The van der Waals surface area contributed by atoms with Gasteiger partial charge in [-0.1, -0.05) is 6.07 Å². The van der Waals surface area contributed by atoms with E-state index in [1.165, 1.54) is 0 Å². The second-order valence-corrected chi connectivity index (χ2v) is 7.11. The molecule has 0 spiro atoms. The van der Waals surface area contributed by atoms with Crippen LogP contribution in [-0.4, -0.2) is 44.4 Å². The van der Waals surface area contributed by atoms with Crippen molar-refractivity contribution in [3.8, 4) is 0 Å². The first-order valence-corrected chi connectivity index (χ1v) is 9.36. The van der Waals surface area contributed by atoms with Gasteiger partial charge in [0, 0.05) is 37.1 Å². The number of ether oxygens (including phenoxy) is 1. The number of carbonyl (C=O) groups excluding carboxylic acids is 1. The van der Waals surface area contributed by atoms with Gasteiger partial charge < -0.3 is 9.64 Å². The summed E-state index contributed by atoms with van der Waals surface area (Å²) >= 11 is 1.58. The van der Waals surface area contributed by atoms with Crippen LogP contribution >= 0.6 is 11.3 Å². The number of pyridine rings is 1. The molecule has 3 aromatic rings. The third-order valence-electron chi connectivity index (χ3n) is 4.40. The lowest BCUT2D eigenvalue weighted by Gasteiger charge is -2.32. The van der Waals surface area contributed by atoms with E-state index in [0.717, 1.165) is 35.7 Å². The van der Waals surface area contributed by atoms with Crippen molar-refractivity contribution in [2.45, 2.75) is 32.0 Å². The van der Waals surface area contributed by atoms with E-state index >= 15 is 0 Å². The molecule has 0 saturated carbocycles. The number of carbonyl (C=O) groups is 1. The van der Waals surface area contributed by atoms with Crippen LogP contribution in [0, 0.1) is 0 Å². The SMILES string of the molecule is O=C(Cc1cn2ccsc2n1)N1CCCC(OCc2ccccn2)C1. The zero-order valence-corrected chi connectivity index (χ0v) is 14.7. The van der Waals surface area contributed by atoms with Gasteiger partial charge in [0.2, 0.25) is 5.91 Å². The minimum absolute atomic E-state index is 0.0743. The minimum Gasteiger partial charge on any atom is -0.370 e. The third kappa shape index (κ3) is 3.88. The van der Waals surface area contributed by atoms with Gasteiger partial charge in [0.05, 0.1) is 30.5 Å². The molecule has 7 heteroatoms. The Labute approximate surface area is 150 Å². The normalized spacial score (nSPS) is 17.9. The Morgan fingerprint density at radius 2 is 2.32 bits per heavy atom. The van der Waals surface area contributed by atoms with Crippen molar-refractivity contribution in [2.24, 2.45) is 0 Å². The highest BCUT2D eigenvalue weighted by atomic mass is 32.1. The molecule has 1 aliphatic heterocycles. The maximum absolute atomic E-state index is 12.6. The number of aromatic nitrogens is 3. The summed E-state index contributed by atoms with van der Waals surface area (Å²) in [6.45, 7) is 1.93.